The summed E-state index contributed by atoms with van der Waals surface area (Å²) < 4.78 is 6.95. The molecule has 0 aliphatic rings. The fraction of sp³-hybridized carbons (Fsp3) is 0.125. The number of pyridine rings is 1. The zero-order chi connectivity index (χ0) is 21.3. The molecular formula is C24H20BrN3O2. The molecule has 2 heterocycles. The molecule has 0 unspecified atom stereocenters. The maximum atomic E-state index is 13.1. The lowest BCUT2D eigenvalue weighted by Crippen LogP contribution is -2.22. The summed E-state index contributed by atoms with van der Waals surface area (Å²) in [5.74, 6) is 0.137. The van der Waals surface area contributed by atoms with E-state index in [1.165, 1.54) is 0 Å². The van der Waals surface area contributed by atoms with Crippen LogP contribution < -0.4 is 10.9 Å². The van der Waals surface area contributed by atoms with Gasteiger partial charge in [0.25, 0.3) is 5.91 Å². The number of rotatable bonds is 3. The van der Waals surface area contributed by atoms with Crippen molar-refractivity contribution in [2.45, 2.75) is 20.8 Å². The van der Waals surface area contributed by atoms with Crippen molar-refractivity contribution in [2.75, 3.05) is 5.32 Å². The van der Waals surface area contributed by atoms with Gasteiger partial charge in [0.1, 0.15) is 17.0 Å². The normalized spacial score (nSPS) is 11.7. The number of aromatic nitrogens is 1. The van der Waals surface area contributed by atoms with E-state index in [-0.39, 0.29) is 11.5 Å². The molecule has 150 valence electrons. The van der Waals surface area contributed by atoms with Gasteiger partial charge in [-0.1, -0.05) is 39.7 Å². The van der Waals surface area contributed by atoms with Gasteiger partial charge in [0.15, 0.2) is 0 Å². The maximum Gasteiger partial charge on any atom is 0.262 e. The van der Waals surface area contributed by atoms with Gasteiger partial charge in [0.2, 0.25) is 5.55 Å². The van der Waals surface area contributed by atoms with E-state index in [1.54, 1.807) is 18.3 Å². The molecule has 30 heavy (non-hydrogen) atoms. The van der Waals surface area contributed by atoms with E-state index >= 15 is 0 Å². The molecule has 0 atom stereocenters. The van der Waals surface area contributed by atoms with E-state index in [0.717, 1.165) is 32.2 Å². The summed E-state index contributed by atoms with van der Waals surface area (Å²) in [6.45, 7) is 5.96. The molecule has 0 fully saturated rings. The van der Waals surface area contributed by atoms with Gasteiger partial charge in [-0.15, -0.1) is 0 Å². The van der Waals surface area contributed by atoms with Crippen molar-refractivity contribution in [1.29, 1.82) is 0 Å². The molecule has 1 N–H and O–H groups in total. The number of aryl methyl sites for hydroxylation is 3. The molecule has 0 saturated carbocycles. The first kappa shape index (κ1) is 20.0. The number of halogens is 1. The van der Waals surface area contributed by atoms with Crippen LogP contribution in [0, 0.1) is 20.8 Å². The van der Waals surface area contributed by atoms with Crippen LogP contribution in [0.4, 0.5) is 11.5 Å². The van der Waals surface area contributed by atoms with Gasteiger partial charge in [-0.2, -0.15) is 0 Å². The van der Waals surface area contributed by atoms with E-state index in [4.69, 9.17) is 4.42 Å². The SMILES string of the molecule is Cc1ccc(NC(=O)c2cc3cc(Br)ccc3oc2=Nc2ccc(C)cc2C)nc1. The molecule has 0 bridgehead atoms. The van der Waals surface area contributed by atoms with Gasteiger partial charge in [-0.05, 0) is 68.3 Å². The van der Waals surface area contributed by atoms with Crippen molar-refractivity contribution in [3.05, 3.63) is 93.1 Å². The fourth-order valence-electron chi connectivity index (χ4n) is 3.11. The third kappa shape index (κ3) is 4.33. The van der Waals surface area contributed by atoms with Crippen LogP contribution in [0.15, 0.2) is 74.7 Å². The van der Waals surface area contributed by atoms with Crippen molar-refractivity contribution in [3.8, 4) is 0 Å². The van der Waals surface area contributed by atoms with Crippen LogP contribution in [0.25, 0.3) is 11.0 Å². The zero-order valence-electron chi connectivity index (χ0n) is 16.9. The van der Waals surface area contributed by atoms with Crippen molar-refractivity contribution >= 4 is 44.3 Å². The minimum atomic E-state index is -0.333. The van der Waals surface area contributed by atoms with Crippen molar-refractivity contribution in [3.63, 3.8) is 0 Å². The van der Waals surface area contributed by atoms with Crippen LogP contribution in [0.3, 0.4) is 0 Å². The first-order valence-corrected chi connectivity index (χ1v) is 10.3. The quantitative estimate of drug-likeness (QED) is 0.406. The number of fused-ring (bicyclic) bond motifs is 1. The molecule has 0 radical (unpaired) electrons. The number of nitrogens with zero attached hydrogens (tertiary/aromatic N) is 2. The molecule has 2 aromatic heterocycles. The monoisotopic (exact) mass is 461 g/mol. The van der Waals surface area contributed by atoms with Gasteiger partial charge in [0.05, 0.1) is 5.69 Å². The number of nitrogens with one attached hydrogen (secondary N) is 1. The van der Waals surface area contributed by atoms with Crippen LogP contribution in [0.5, 0.6) is 0 Å². The number of amides is 1. The molecule has 6 heteroatoms. The molecule has 4 rings (SSSR count). The number of carbonyl (C=O) groups excluding carboxylic acids is 1. The van der Waals surface area contributed by atoms with E-state index in [1.807, 2.05) is 63.2 Å². The highest BCUT2D eigenvalue weighted by molar-refractivity contribution is 9.10. The standard InChI is InChI=1S/C24H20BrN3O2/c1-14-4-7-20(16(3)10-14)27-24-19(12-17-11-18(25)6-8-21(17)30-24)23(29)28-22-9-5-15(2)13-26-22/h4-13H,1-3H3,(H,26,28,29). The number of benzene rings is 2. The van der Waals surface area contributed by atoms with Gasteiger partial charge < -0.3 is 9.73 Å². The number of carbonyl (C=O) groups is 1. The summed E-state index contributed by atoms with van der Waals surface area (Å²) in [5.41, 5.74) is 5.16. The van der Waals surface area contributed by atoms with Gasteiger partial charge in [-0.3, -0.25) is 4.79 Å². The van der Waals surface area contributed by atoms with Crippen LogP contribution in [0.2, 0.25) is 0 Å². The predicted octanol–water partition coefficient (Wildman–Crippen LogP) is 6.00. The van der Waals surface area contributed by atoms with Crippen LogP contribution >= 0.6 is 15.9 Å². The lowest BCUT2D eigenvalue weighted by atomic mass is 10.1. The molecular weight excluding hydrogens is 442 g/mol. The Kier molecular flexibility index (Phi) is 5.50. The van der Waals surface area contributed by atoms with E-state index in [0.29, 0.717) is 17.0 Å². The molecule has 2 aromatic carbocycles. The lowest BCUT2D eigenvalue weighted by molar-refractivity contribution is 0.102. The summed E-state index contributed by atoms with van der Waals surface area (Å²) in [6.07, 6.45) is 1.71. The highest BCUT2D eigenvalue weighted by Crippen LogP contribution is 2.22. The highest BCUT2D eigenvalue weighted by Gasteiger charge is 2.14. The Bertz CT molecular complexity index is 1320. The van der Waals surface area contributed by atoms with Gasteiger partial charge in [0, 0.05) is 16.1 Å². The Labute approximate surface area is 182 Å². The molecule has 0 saturated heterocycles. The second-order valence-corrected chi connectivity index (χ2v) is 8.14. The Hall–Kier alpha value is -3.25. The summed E-state index contributed by atoms with van der Waals surface area (Å²) in [5, 5.41) is 3.63. The van der Waals surface area contributed by atoms with Crippen LogP contribution in [0.1, 0.15) is 27.0 Å². The predicted molar refractivity (Wildman–Crippen MR) is 122 cm³/mol. The topological polar surface area (TPSA) is 67.5 Å². The summed E-state index contributed by atoms with van der Waals surface area (Å²) in [7, 11) is 0. The Morgan fingerprint density at radius 1 is 1.00 bits per heavy atom. The minimum Gasteiger partial charge on any atom is -0.438 e. The zero-order valence-corrected chi connectivity index (χ0v) is 18.4. The first-order valence-electron chi connectivity index (χ1n) is 9.48. The van der Waals surface area contributed by atoms with Crippen molar-refractivity contribution in [1.82, 2.24) is 4.98 Å². The number of hydrogen-bond donors (Lipinski definition) is 1. The van der Waals surface area contributed by atoms with Gasteiger partial charge in [-0.25, -0.2) is 9.98 Å². The molecule has 0 aliphatic heterocycles. The smallest absolute Gasteiger partial charge is 0.262 e. The fourth-order valence-corrected chi connectivity index (χ4v) is 3.49. The third-order valence-corrected chi connectivity index (χ3v) is 5.17. The maximum absolute atomic E-state index is 13.1. The van der Waals surface area contributed by atoms with Crippen LogP contribution in [-0.4, -0.2) is 10.9 Å². The molecule has 0 spiro atoms. The Morgan fingerprint density at radius 3 is 2.53 bits per heavy atom. The number of hydrogen-bond acceptors (Lipinski definition) is 4. The first-order chi connectivity index (χ1) is 14.4. The summed E-state index contributed by atoms with van der Waals surface area (Å²) in [4.78, 5) is 22.0. The molecule has 0 aliphatic carbocycles. The lowest BCUT2D eigenvalue weighted by Gasteiger charge is -2.08. The number of anilines is 1. The second-order valence-electron chi connectivity index (χ2n) is 7.22. The van der Waals surface area contributed by atoms with E-state index in [2.05, 4.69) is 31.2 Å². The van der Waals surface area contributed by atoms with Crippen molar-refractivity contribution < 1.29 is 9.21 Å². The third-order valence-electron chi connectivity index (χ3n) is 4.68. The Morgan fingerprint density at radius 2 is 1.80 bits per heavy atom. The summed E-state index contributed by atoms with van der Waals surface area (Å²) in [6, 6.07) is 17.1. The highest BCUT2D eigenvalue weighted by atomic mass is 79.9. The van der Waals surface area contributed by atoms with Crippen LogP contribution in [-0.2, 0) is 0 Å². The van der Waals surface area contributed by atoms with E-state index in [9.17, 15) is 4.79 Å². The van der Waals surface area contributed by atoms with E-state index < -0.39 is 0 Å². The molecule has 1 amide bonds. The second kappa shape index (κ2) is 8.24. The average Bonchev–Trinajstić information content (AvgIpc) is 2.71. The Balaban J connectivity index is 1.86. The molecule has 5 nitrogen and oxygen atoms in total. The largest absolute Gasteiger partial charge is 0.438 e. The van der Waals surface area contributed by atoms with Gasteiger partial charge >= 0.3 is 0 Å². The minimum absolute atomic E-state index is 0.251. The summed E-state index contributed by atoms with van der Waals surface area (Å²) >= 11 is 3.47. The van der Waals surface area contributed by atoms with Crippen molar-refractivity contribution in [2.24, 2.45) is 4.99 Å². The molecule has 4 aromatic rings. The average molecular weight is 462 g/mol.